The number of hydrogen-bond donors (Lipinski definition) is 0. The number of nitrogens with zero attached hydrogens (tertiary/aromatic N) is 2. The van der Waals surface area contributed by atoms with Gasteiger partial charge in [0, 0.05) is 31.0 Å². The summed E-state index contributed by atoms with van der Waals surface area (Å²) in [5.41, 5.74) is 3.21. The molecule has 1 aromatic carbocycles. The van der Waals surface area contributed by atoms with E-state index < -0.39 is 0 Å². The average molecular weight is 256 g/mol. The van der Waals surface area contributed by atoms with Gasteiger partial charge in [-0.3, -0.25) is 4.79 Å². The van der Waals surface area contributed by atoms with Crippen molar-refractivity contribution in [2.45, 2.75) is 32.7 Å². The van der Waals surface area contributed by atoms with Crippen molar-refractivity contribution in [1.82, 2.24) is 9.47 Å². The molecule has 0 unspecified atom stereocenters. The van der Waals surface area contributed by atoms with E-state index in [1.165, 1.54) is 16.5 Å². The first-order chi connectivity index (χ1) is 8.91. The van der Waals surface area contributed by atoms with Crippen molar-refractivity contribution in [3.8, 4) is 0 Å². The molecule has 3 heteroatoms. The third-order valence-electron chi connectivity index (χ3n) is 3.93. The van der Waals surface area contributed by atoms with Crippen LogP contribution in [0.2, 0.25) is 0 Å². The summed E-state index contributed by atoms with van der Waals surface area (Å²) in [6, 6.07) is 8.35. The van der Waals surface area contributed by atoms with Gasteiger partial charge in [-0.1, -0.05) is 39.0 Å². The predicted molar refractivity (Wildman–Crippen MR) is 77.6 cm³/mol. The zero-order chi connectivity index (χ0) is 13.8. The molecule has 0 aliphatic carbocycles. The second-order valence-corrected chi connectivity index (χ2v) is 6.37. The molecule has 0 saturated heterocycles. The van der Waals surface area contributed by atoms with Crippen LogP contribution in [0.15, 0.2) is 24.3 Å². The topological polar surface area (TPSA) is 25.2 Å². The second kappa shape index (κ2) is 3.86. The number of carbonyl (C=O) groups is 1. The Morgan fingerprint density at radius 1 is 1.11 bits per heavy atom. The summed E-state index contributed by atoms with van der Waals surface area (Å²) in [6.07, 6.45) is 0. The summed E-state index contributed by atoms with van der Waals surface area (Å²) in [5.74, 6) is 0.146. The van der Waals surface area contributed by atoms with E-state index in [1.54, 1.807) is 0 Å². The molecular formula is C16H20N2O. The van der Waals surface area contributed by atoms with Gasteiger partial charge in [0.15, 0.2) is 0 Å². The number of benzene rings is 1. The lowest BCUT2D eigenvalue weighted by molar-refractivity contribution is 0.0748. The van der Waals surface area contributed by atoms with Gasteiger partial charge >= 0.3 is 0 Å². The highest BCUT2D eigenvalue weighted by atomic mass is 16.2. The van der Waals surface area contributed by atoms with Crippen LogP contribution >= 0.6 is 0 Å². The maximum Gasteiger partial charge on any atom is 0.270 e. The van der Waals surface area contributed by atoms with Gasteiger partial charge in [0.25, 0.3) is 5.91 Å². The standard InChI is InChI=1S/C16H20N2O/c1-16(2,3)13-11-7-5-6-8-12(11)18-10-9-17(4)15(19)14(13)18/h5-8H,9-10H2,1-4H3. The van der Waals surface area contributed by atoms with Crippen molar-refractivity contribution in [2.24, 2.45) is 0 Å². The van der Waals surface area contributed by atoms with Crippen LogP contribution in [0.4, 0.5) is 0 Å². The van der Waals surface area contributed by atoms with Gasteiger partial charge in [0.1, 0.15) is 5.69 Å². The van der Waals surface area contributed by atoms with Crippen LogP contribution in [0, 0.1) is 0 Å². The van der Waals surface area contributed by atoms with Crippen LogP contribution in [-0.2, 0) is 12.0 Å². The van der Waals surface area contributed by atoms with Crippen molar-refractivity contribution in [1.29, 1.82) is 0 Å². The van der Waals surface area contributed by atoms with Crippen LogP contribution in [0.25, 0.3) is 10.9 Å². The fourth-order valence-corrected chi connectivity index (χ4v) is 3.05. The van der Waals surface area contributed by atoms with Crippen molar-refractivity contribution in [3.63, 3.8) is 0 Å². The third kappa shape index (κ3) is 1.68. The molecule has 0 spiro atoms. The van der Waals surface area contributed by atoms with Crippen molar-refractivity contribution >= 4 is 16.8 Å². The zero-order valence-electron chi connectivity index (χ0n) is 12.0. The molecule has 2 aromatic rings. The number of amides is 1. The number of aromatic nitrogens is 1. The monoisotopic (exact) mass is 256 g/mol. The Labute approximate surface area is 113 Å². The summed E-state index contributed by atoms with van der Waals surface area (Å²) < 4.78 is 2.19. The van der Waals surface area contributed by atoms with E-state index in [4.69, 9.17) is 0 Å². The molecule has 100 valence electrons. The molecule has 0 saturated carbocycles. The largest absolute Gasteiger partial charge is 0.339 e. The van der Waals surface area contributed by atoms with Crippen molar-refractivity contribution in [3.05, 3.63) is 35.5 Å². The third-order valence-corrected chi connectivity index (χ3v) is 3.93. The molecule has 19 heavy (non-hydrogen) atoms. The Morgan fingerprint density at radius 2 is 1.79 bits per heavy atom. The van der Waals surface area contributed by atoms with E-state index in [1.807, 2.05) is 18.0 Å². The molecule has 0 fully saturated rings. The lowest BCUT2D eigenvalue weighted by Crippen LogP contribution is -2.38. The van der Waals surface area contributed by atoms with E-state index in [2.05, 4.69) is 43.5 Å². The Kier molecular flexibility index (Phi) is 2.49. The highest BCUT2D eigenvalue weighted by Gasteiger charge is 2.33. The number of likely N-dealkylation sites (N-methyl/N-ethyl adjacent to an activating group) is 1. The molecule has 1 amide bonds. The minimum Gasteiger partial charge on any atom is -0.339 e. The summed E-state index contributed by atoms with van der Waals surface area (Å²) >= 11 is 0. The lowest BCUT2D eigenvalue weighted by Gasteiger charge is -2.28. The van der Waals surface area contributed by atoms with E-state index in [0.717, 1.165) is 18.8 Å². The van der Waals surface area contributed by atoms with Gasteiger partial charge < -0.3 is 9.47 Å². The molecule has 3 rings (SSSR count). The lowest BCUT2D eigenvalue weighted by atomic mass is 9.84. The van der Waals surface area contributed by atoms with E-state index in [0.29, 0.717) is 0 Å². The zero-order valence-corrected chi connectivity index (χ0v) is 12.0. The first-order valence-electron chi connectivity index (χ1n) is 6.78. The Morgan fingerprint density at radius 3 is 2.47 bits per heavy atom. The first-order valence-corrected chi connectivity index (χ1v) is 6.78. The van der Waals surface area contributed by atoms with Gasteiger partial charge in [-0.2, -0.15) is 0 Å². The molecule has 0 atom stereocenters. The number of fused-ring (bicyclic) bond motifs is 3. The van der Waals surface area contributed by atoms with Gasteiger partial charge in [0.2, 0.25) is 0 Å². The molecule has 3 nitrogen and oxygen atoms in total. The summed E-state index contributed by atoms with van der Waals surface area (Å²) in [7, 11) is 1.88. The van der Waals surface area contributed by atoms with Gasteiger partial charge in [-0.05, 0) is 17.0 Å². The molecule has 1 aliphatic rings. The minimum absolute atomic E-state index is 0.0337. The predicted octanol–water partition coefficient (Wildman–Crippen LogP) is 3.02. The fourth-order valence-electron chi connectivity index (χ4n) is 3.05. The molecule has 2 heterocycles. The minimum atomic E-state index is -0.0337. The molecule has 0 N–H and O–H groups in total. The van der Waals surface area contributed by atoms with Crippen molar-refractivity contribution in [2.75, 3.05) is 13.6 Å². The molecular weight excluding hydrogens is 236 g/mol. The molecule has 0 radical (unpaired) electrons. The van der Waals surface area contributed by atoms with E-state index in [-0.39, 0.29) is 11.3 Å². The quantitative estimate of drug-likeness (QED) is 0.711. The van der Waals surface area contributed by atoms with Crippen LogP contribution in [0.1, 0.15) is 36.8 Å². The Bertz CT molecular complexity index is 661. The highest BCUT2D eigenvalue weighted by Crippen LogP contribution is 2.37. The number of rotatable bonds is 0. The van der Waals surface area contributed by atoms with Crippen LogP contribution in [0.3, 0.4) is 0 Å². The Hall–Kier alpha value is -1.77. The average Bonchev–Trinajstić information content (AvgIpc) is 2.69. The first kappa shape index (κ1) is 12.3. The van der Waals surface area contributed by atoms with Gasteiger partial charge in [-0.15, -0.1) is 0 Å². The van der Waals surface area contributed by atoms with Crippen LogP contribution < -0.4 is 0 Å². The maximum atomic E-state index is 12.6. The normalized spacial score (nSPS) is 16.0. The summed E-state index contributed by atoms with van der Waals surface area (Å²) in [5, 5.41) is 1.22. The molecule has 0 bridgehead atoms. The SMILES string of the molecule is CN1CCn2c(c(C(C)(C)C)c3ccccc32)C1=O. The van der Waals surface area contributed by atoms with Crippen LogP contribution in [-0.4, -0.2) is 29.0 Å². The summed E-state index contributed by atoms with van der Waals surface area (Å²) in [4.78, 5) is 14.4. The maximum absolute atomic E-state index is 12.6. The van der Waals surface area contributed by atoms with Crippen LogP contribution in [0.5, 0.6) is 0 Å². The van der Waals surface area contributed by atoms with Crippen molar-refractivity contribution < 1.29 is 4.79 Å². The van der Waals surface area contributed by atoms with Gasteiger partial charge in [0.05, 0.1) is 0 Å². The number of hydrogen-bond acceptors (Lipinski definition) is 1. The smallest absolute Gasteiger partial charge is 0.270 e. The highest BCUT2D eigenvalue weighted by molar-refractivity contribution is 6.03. The molecule has 1 aromatic heterocycles. The Balaban J connectivity index is 2.43. The summed E-state index contributed by atoms with van der Waals surface area (Å²) in [6.45, 7) is 8.20. The second-order valence-electron chi connectivity index (χ2n) is 6.37. The van der Waals surface area contributed by atoms with E-state index in [9.17, 15) is 4.79 Å². The van der Waals surface area contributed by atoms with Gasteiger partial charge in [-0.25, -0.2) is 0 Å². The number of para-hydroxylation sites is 1. The number of carbonyl (C=O) groups excluding carboxylic acids is 1. The fraction of sp³-hybridized carbons (Fsp3) is 0.438. The molecule has 1 aliphatic heterocycles. The van der Waals surface area contributed by atoms with E-state index >= 15 is 0 Å².